The van der Waals surface area contributed by atoms with Crippen molar-refractivity contribution in [1.82, 2.24) is 19.5 Å². The molecular formula is C19H31ClN5O5P. The molecule has 0 amide bonds. The number of hydrogen-bond acceptors (Lipinski definition) is 9. The maximum absolute atomic E-state index is 12.7. The molecule has 12 heteroatoms. The number of aliphatic hydroxyl groups excluding tert-OH is 2. The van der Waals surface area contributed by atoms with Crippen LogP contribution < -0.4 is 5.73 Å². The summed E-state index contributed by atoms with van der Waals surface area (Å²) in [4.78, 5) is 12.2. The van der Waals surface area contributed by atoms with Gasteiger partial charge in [0, 0.05) is 12.1 Å². The maximum Gasteiger partial charge on any atom is 0.223 e. The van der Waals surface area contributed by atoms with Gasteiger partial charge < -0.3 is 25.2 Å². The van der Waals surface area contributed by atoms with E-state index in [0.29, 0.717) is 17.6 Å². The van der Waals surface area contributed by atoms with Crippen LogP contribution >= 0.6 is 19.6 Å². The first-order valence-electron chi connectivity index (χ1n) is 10.5. The zero-order chi connectivity index (χ0) is 22.9. The van der Waals surface area contributed by atoms with Crippen molar-refractivity contribution in [2.45, 2.75) is 89.2 Å². The lowest BCUT2D eigenvalue weighted by atomic mass is 9.93. The summed E-state index contributed by atoms with van der Waals surface area (Å²) in [6.07, 6.45) is -0.312. The van der Waals surface area contributed by atoms with E-state index in [1.165, 1.54) is 10.9 Å². The van der Waals surface area contributed by atoms with Crippen molar-refractivity contribution < 1.29 is 24.0 Å². The number of anilines is 1. The highest BCUT2D eigenvalue weighted by Crippen LogP contribution is 2.44. The number of fused-ring (bicyclic) bond motifs is 1. The van der Waals surface area contributed by atoms with E-state index in [-0.39, 0.29) is 23.2 Å². The summed E-state index contributed by atoms with van der Waals surface area (Å²) in [7, 11) is -2.27. The fraction of sp³-hybridized carbons (Fsp3) is 0.737. The lowest BCUT2D eigenvalue weighted by molar-refractivity contribution is -0.0622. The van der Waals surface area contributed by atoms with E-state index in [2.05, 4.69) is 15.0 Å². The van der Waals surface area contributed by atoms with Crippen LogP contribution in [0.1, 0.15) is 59.6 Å². The molecule has 0 aromatic carbocycles. The Bertz CT molecular complexity index is 942. The van der Waals surface area contributed by atoms with E-state index in [4.69, 9.17) is 26.6 Å². The van der Waals surface area contributed by atoms with Gasteiger partial charge in [-0.1, -0.05) is 32.4 Å². The average Bonchev–Trinajstić information content (AvgIpc) is 3.25. The molecule has 31 heavy (non-hydrogen) atoms. The summed E-state index contributed by atoms with van der Waals surface area (Å²) in [6.45, 7) is 7.77. The maximum atomic E-state index is 12.7. The van der Waals surface area contributed by atoms with Crippen LogP contribution in [0.25, 0.3) is 11.2 Å². The summed E-state index contributed by atoms with van der Waals surface area (Å²) >= 11 is 6.08. The minimum atomic E-state index is -2.27. The molecule has 0 spiro atoms. The first-order valence-corrected chi connectivity index (χ1v) is 12.3. The van der Waals surface area contributed by atoms with Crippen LogP contribution in [0, 0.1) is 0 Å². The Kier molecular flexibility index (Phi) is 7.61. The van der Waals surface area contributed by atoms with Crippen molar-refractivity contribution in [2.24, 2.45) is 0 Å². The number of ether oxygens (including phenoxy) is 1. The van der Waals surface area contributed by atoms with Gasteiger partial charge >= 0.3 is 0 Å². The molecule has 6 atom stereocenters. The second kappa shape index (κ2) is 9.68. The molecule has 1 saturated heterocycles. The van der Waals surface area contributed by atoms with Crippen molar-refractivity contribution >= 4 is 36.7 Å². The Hall–Kier alpha value is -1.29. The van der Waals surface area contributed by atoms with E-state index in [9.17, 15) is 14.8 Å². The standard InChI is InChI=1S/C19H31ClN5O5P/c1-5-10(6-2)31(28)30-19(4,7-3)8-11-13(26)14(27)17(29-11)25-9-22-12-15(20)23-18(21)24-16(12)25/h9-11,13-14,17,26-27,31H,5-8H2,1-4H3,(H2,21,23,24)/t11-,13-,14-,17?,19?/m1/s1. The third kappa shape index (κ3) is 4.89. The fourth-order valence-electron chi connectivity index (χ4n) is 3.84. The van der Waals surface area contributed by atoms with Crippen molar-refractivity contribution in [3.8, 4) is 0 Å². The first-order chi connectivity index (χ1) is 14.6. The normalized spacial score (nSPS) is 27.1. The van der Waals surface area contributed by atoms with Gasteiger partial charge in [-0.05, 0) is 26.2 Å². The molecule has 3 rings (SSSR count). The molecular weight excluding hydrogens is 445 g/mol. The number of imidazole rings is 1. The van der Waals surface area contributed by atoms with Crippen molar-refractivity contribution in [3.05, 3.63) is 11.5 Å². The van der Waals surface area contributed by atoms with E-state index < -0.39 is 38.2 Å². The topological polar surface area (TPSA) is 146 Å². The average molecular weight is 476 g/mol. The zero-order valence-corrected chi connectivity index (χ0v) is 19.9. The number of rotatable bonds is 9. The molecule has 4 N–H and O–H groups in total. The molecule has 1 aliphatic heterocycles. The highest BCUT2D eigenvalue weighted by Gasteiger charge is 2.47. The predicted octanol–water partition coefficient (Wildman–Crippen LogP) is 2.92. The molecule has 0 radical (unpaired) electrons. The van der Waals surface area contributed by atoms with Gasteiger partial charge in [0.15, 0.2) is 25.1 Å². The highest BCUT2D eigenvalue weighted by atomic mass is 35.5. The van der Waals surface area contributed by atoms with E-state index in [1.54, 1.807) is 0 Å². The van der Waals surface area contributed by atoms with E-state index in [1.807, 2.05) is 27.7 Å². The molecule has 2 aromatic heterocycles. The molecule has 10 nitrogen and oxygen atoms in total. The van der Waals surface area contributed by atoms with Crippen molar-refractivity contribution in [2.75, 3.05) is 5.73 Å². The van der Waals surface area contributed by atoms with Crippen LogP contribution in [-0.4, -0.2) is 59.3 Å². The van der Waals surface area contributed by atoms with Crippen LogP contribution in [0.5, 0.6) is 0 Å². The largest absolute Gasteiger partial charge is 0.388 e. The summed E-state index contributed by atoms with van der Waals surface area (Å²) in [5.74, 6) is -0.0395. The number of aromatic nitrogens is 4. The Labute approximate surface area is 187 Å². The van der Waals surface area contributed by atoms with Crippen LogP contribution in [-0.2, 0) is 13.8 Å². The first kappa shape index (κ1) is 24.4. The minimum absolute atomic E-state index is 0.0100. The number of nitrogens with zero attached hydrogens (tertiary/aromatic N) is 4. The van der Waals surface area contributed by atoms with Gasteiger partial charge in [-0.25, -0.2) is 4.98 Å². The number of aliphatic hydroxyl groups is 2. The van der Waals surface area contributed by atoms with E-state index >= 15 is 0 Å². The van der Waals surface area contributed by atoms with E-state index in [0.717, 1.165) is 12.8 Å². The SMILES string of the molecule is CCC(CC)[PH](=O)OC(C)(CC)C[C@H]1OC(n2cnc3c(Cl)nc(N)nc32)[C@H](O)[C@@H]1O. The van der Waals surface area contributed by atoms with Crippen LogP contribution in [0.15, 0.2) is 6.33 Å². The number of hydrogen-bond donors (Lipinski definition) is 3. The Morgan fingerprint density at radius 1 is 1.32 bits per heavy atom. The lowest BCUT2D eigenvalue weighted by Crippen LogP contribution is -2.38. The molecule has 0 bridgehead atoms. The third-order valence-electron chi connectivity index (χ3n) is 6.05. The number of nitrogens with two attached hydrogens (primary N) is 1. The van der Waals surface area contributed by atoms with Crippen LogP contribution in [0.4, 0.5) is 5.95 Å². The summed E-state index contributed by atoms with van der Waals surface area (Å²) in [6, 6.07) is 0. The second-order valence-corrected chi connectivity index (χ2v) is 10.2. The monoisotopic (exact) mass is 475 g/mol. The van der Waals surface area contributed by atoms with Gasteiger partial charge in [0.1, 0.15) is 17.7 Å². The van der Waals surface area contributed by atoms with Gasteiger partial charge in [0.2, 0.25) is 5.95 Å². The molecule has 0 saturated carbocycles. The van der Waals surface area contributed by atoms with Crippen LogP contribution in [0.2, 0.25) is 5.15 Å². The van der Waals surface area contributed by atoms with Gasteiger partial charge in [0.05, 0.1) is 18.0 Å². The van der Waals surface area contributed by atoms with Gasteiger partial charge in [0.25, 0.3) is 0 Å². The quantitative estimate of drug-likeness (QED) is 0.368. The molecule has 1 fully saturated rings. The summed E-state index contributed by atoms with van der Waals surface area (Å²) in [5.41, 5.74) is 5.54. The molecule has 0 aliphatic carbocycles. The molecule has 2 aromatic rings. The van der Waals surface area contributed by atoms with Gasteiger partial charge in [-0.2, -0.15) is 9.97 Å². The summed E-state index contributed by atoms with van der Waals surface area (Å²) < 4.78 is 26.2. The Morgan fingerprint density at radius 2 is 2.00 bits per heavy atom. The fourth-order valence-corrected chi connectivity index (χ4v) is 5.61. The molecule has 3 heterocycles. The zero-order valence-electron chi connectivity index (χ0n) is 18.2. The number of halogens is 1. The second-order valence-electron chi connectivity index (χ2n) is 8.19. The Balaban J connectivity index is 1.81. The molecule has 1 aliphatic rings. The molecule has 3 unspecified atom stereocenters. The van der Waals surface area contributed by atoms with Gasteiger partial charge in [-0.3, -0.25) is 9.13 Å². The van der Waals surface area contributed by atoms with Crippen LogP contribution in [0.3, 0.4) is 0 Å². The molecule has 174 valence electrons. The lowest BCUT2D eigenvalue weighted by Gasteiger charge is -2.33. The smallest absolute Gasteiger partial charge is 0.223 e. The summed E-state index contributed by atoms with van der Waals surface area (Å²) in [5, 5.41) is 21.5. The predicted molar refractivity (Wildman–Crippen MR) is 118 cm³/mol. The van der Waals surface area contributed by atoms with Crippen molar-refractivity contribution in [1.29, 1.82) is 0 Å². The highest BCUT2D eigenvalue weighted by molar-refractivity contribution is 7.40. The number of nitrogen functional groups attached to an aromatic ring is 1. The minimum Gasteiger partial charge on any atom is -0.388 e. The third-order valence-corrected chi connectivity index (χ3v) is 8.50. The van der Waals surface area contributed by atoms with Crippen molar-refractivity contribution in [3.63, 3.8) is 0 Å². The Morgan fingerprint density at radius 3 is 2.61 bits per heavy atom. The van der Waals surface area contributed by atoms with Gasteiger partial charge in [-0.15, -0.1) is 0 Å².